The molecule has 0 bridgehead atoms. The van der Waals surface area contributed by atoms with Gasteiger partial charge in [0.2, 0.25) is 0 Å². The highest BCUT2D eigenvalue weighted by atomic mass is 32.1. The molecule has 0 radical (unpaired) electrons. The number of carbonyl (C=O) groups is 2. The second-order valence-electron chi connectivity index (χ2n) is 5.75. The predicted octanol–water partition coefficient (Wildman–Crippen LogP) is 4.09. The molecule has 0 saturated carbocycles. The number of benzene rings is 1. The number of fused-ring (bicyclic) bond motifs is 1. The average molecular weight is 344 g/mol. The Bertz CT molecular complexity index is 737. The van der Waals surface area contributed by atoms with Gasteiger partial charge in [0.25, 0.3) is 5.91 Å². The van der Waals surface area contributed by atoms with Crippen molar-refractivity contribution in [3.63, 3.8) is 0 Å². The number of nitrogens with one attached hydrogen (secondary N) is 1. The molecule has 0 aliphatic heterocycles. The summed E-state index contributed by atoms with van der Waals surface area (Å²) < 4.78 is 5.59. The maximum absolute atomic E-state index is 12.3. The van der Waals surface area contributed by atoms with Crippen molar-refractivity contribution < 1.29 is 14.3 Å². The first-order valence-electron chi connectivity index (χ1n) is 8.24. The van der Waals surface area contributed by atoms with Crippen LogP contribution in [0.4, 0.5) is 5.13 Å². The monoisotopic (exact) mass is 344 g/mol. The molecule has 3 rings (SSSR count). The maximum Gasteiger partial charge on any atom is 0.257 e. The van der Waals surface area contributed by atoms with Gasteiger partial charge in [0, 0.05) is 12.0 Å². The van der Waals surface area contributed by atoms with Gasteiger partial charge in [0.05, 0.1) is 17.2 Å². The molecule has 0 unspecified atom stereocenters. The zero-order valence-corrected chi connectivity index (χ0v) is 14.4. The summed E-state index contributed by atoms with van der Waals surface area (Å²) in [5.74, 6) is 0.659. The molecular formula is C18H20N2O3S. The molecule has 5 nitrogen and oxygen atoms in total. The lowest BCUT2D eigenvalue weighted by molar-refractivity contribution is 0.0975. The third-order valence-corrected chi connectivity index (χ3v) is 4.93. The Kier molecular flexibility index (Phi) is 5.25. The van der Waals surface area contributed by atoms with Crippen LogP contribution in [-0.4, -0.2) is 23.3 Å². The highest BCUT2D eigenvalue weighted by molar-refractivity contribution is 7.17. The van der Waals surface area contributed by atoms with E-state index in [4.69, 9.17) is 4.74 Å². The Labute approximate surface area is 145 Å². The highest BCUT2D eigenvalue weighted by Gasteiger charge is 2.22. The molecule has 0 fully saturated rings. The lowest BCUT2D eigenvalue weighted by Crippen LogP contribution is -2.11. The Morgan fingerprint density at radius 3 is 2.79 bits per heavy atom. The minimum absolute atomic E-state index is 0.128. The summed E-state index contributed by atoms with van der Waals surface area (Å²) in [4.78, 5) is 29.2. The van der Waals surface area contributed by atoms with E-state index in [-0.39, 0.29) is 11.7 Å². The SMILES string of the molecule is CCCCOc1ccc(C(=O)Nc2nc3c(s2)C(=O)CCC3)cc1. The first-order chi connectivity index (χ1) is 11.7. The fraction of sp³-hybridized carbons (Fsp3) is 0.389. The number of ether oxygens (including phenoxy) is 1. The normalized spacial score (nSPS) is 13.5. The first-order valence-corrected chi connectivity index (χ1v) is 9.06. The third-order valence-electron chi connectivity index (χ3n) is 3.87. The van der Waals surface area contributed by atoms with Gasteiger partial charge in [0.15, 0.2) is 10.9 Å². The number of ketones is 1. The van der Waals surface area contributed by atoms with E-state index in [0.717, 1.165) is 37.1 Å². The number of nitrogens with zero attached hydrogens (tertiary/aromatic N) is 1. The van der Waals surface area contributed by atoms with Crippen LogP contribution in [0.2, 0.25) is 0 Å². The van der Waals surface area contributed by atoms with Gasteiger partial charge in [-0.15, -0.1) is 0 Å². The lowest BCUT2D eigenvalue weighted by Gasteiger charge is -2.06. The molecule has 1 aliphatic carbocycles. The van der Waals surface area contributed by atoms with E-state index in [0.29, 0.717) is 28.6 Å². The molecule has 0 atom stereocenters. The van der Waals surface area contributed by atoms with E-state index in [1.165, 1.54) is 11.3 Å². The molecule has 0 spiro atoms. The number of unbranched alkanes of at least 4 members (excludes halogenated alkanes) is 1. The standard InChI is InChI=1S/C18H20N2O3S/c1-2-3-11-23-13-9-7-12(8-10-13)17(22)20-18-19-14-5-4-6-15(21)16(14)24-18/h7-10H,2-6,11H2,1H3,(H,19,20,22). The smallest absolute Gasteiger partial charge is 0.257 e. The Hall–Kier alpha value is -2.21. The van der Waals surface area contributed by atoms with E-state index in [1.807, 2.05) is 0 Å². The van der Waals surface area contributed by atoms with Crippen molar-refractivity contribution >= 4 is 28.2 Å². The zero-order valence-electron chi connectivity index (χ0n) is 13.6. The van der Waals surface area contributed by atoms with Gasteiger partial charge < -0.3 is 4.74 Å². The van der Waals surface area contributed by atoms with Crippen LogP contribution in [-0.2, 0) is 6.42 Å². The highest BCUT2D eigenvalue weighted by Crippen LogP contribution is 2.29. The molecular weight excluding hydrogens is 324 g/mol. The molecule has 1 amide bonds. The second-order valence-corrected chi connectivity index (χ2v) is 6.75. The maximum atomic E-state index is 12.3. The summed E-state index contributed by atoms with van der Waals surface area (Å²) in [5.41, 5.74) is 1.35. The molecule has 126 valence electrons. The topological polar surface area (TPSA) is 68.3 Å². The summed E-state index contributed by atoms with van der Waals surface area (Å²) in [5, 5.41) is 3.27. The first kappa shape index (κ1) is 16.6. The molecule has 2 aromatic rings. The Morgan fingerprint density at radius 2 is 2.08 bits per heavy atom. The van der Waals surface area contributed by atoms with Crippen molar-refractivity contribution in [2.45, 2.75) is 39.0 Å². The van der Waals surface area contributed by atoms with Gasteiger partial charge in [-0.1, -0.05) is 24.7 Å². The molecule has 24 heavy (non-hydrogen) atoms. The summed E-state index contributed by atoms with van der Waals surface area (Å²) in [6, 6.07) is 7.05. The summed E-state index contributed by atoms with van der Waals surface area (Å²) in [6.45, 7) is 2.79. The summed E-state index contributed by atoms with van der Waals surface area (Å²) in [7, 11) is 0. The number of hydrogen-bond donors (Lipinski definition) is 1. The van der Waals surface area contributed by atoms with Crippen molar-refractivity contribution in [2.75, 3.05) is 11.9 Å². The minimum Gasteiger partial charge on any atom is -0.494 e. The third kappa shape index (κ3) is 3.82. The van der Waals surface area contributed by atoms with Crippen LogP contribution in [0, 0.1) is 0 Å². The molecule has 1 aromatic carbocycles. The molecule has 1 heterocycles. The number of carbonyl (C=O) groups excluding carboxylic acids is 2. The number of thiazole rings is 1. The number of hydrogen-bond acceptors (Lipinski definition) is 5. The van der Waals surface area contributed by atoms with E-state index >= 15 is 0 Å². The quantitative estimate of drug-likeness (QED) is 0.801. The number of aryl methyl sites for hydroxylation is 1. The zero-order chi connectivity index (χ0) is 16.9. The number of aromatic nitrogens is 1. The van der Waals surface area contributed by atoms with Crippen molar-refractivity contribution in [3.05, 3.63) is 40.4 Å². The molecule has 0 saturated heterocycles. The van der Waals surface area contributed by atoms with Gasteiger partial charge in [-0.05, 0) is 43.5 Å². The van der Waals surface area contributed by atoms with Gasteiger partial charge >= 0.3 is 0 Å². The predicted molar refractivity (Wildman–Crippen MR) is 94.2 cm³/mol. The number of Topliss-reactive ketones (excluding diaryl/α,β-unsaturated/α-hetero) is 1. The van der Waals surface area contributed by atoms with Crippen LogP contribution >= 0.6 is 11.3 Å². The van der Waals surface area contributed by atoms with Gasteiger partial charge in [0.1, 0.15) is 5.75 Å². The van der Waals surface area contributed by atoms with Crippen LogP contribution in [0.3, 0.4) is 0 Å². The average Bonchev–Trinajstić information content (AvgIpc) is 2.99. The summed E-state index contributed by atoms with van der Waals surface area (Å²) >= 11 is 1.27. The minimum atomic E-state index is -0.228. The van der Waals surface area contributed by atoms with E-state index in [9.17, 15) is 9.59 Å². The van der Waals surface area contributed by atoms with Crippen molar-refractivity contribution in [1.82, 2.24) is 4.98 Å². The largest absolute Gasteiger partial charge is 0.494 e. The molecule has 1 N–H and O–H groups in total. The van der Waals surface area contributed by atoms with Gasteiger partial charge in [-0.25, -0.2) is 4.98 Å². The van der Waals surface area contributed by atoms with Gasteiger partial charge in [-0.2, -0.15) is 0 Å². The molecule has 6 heteroatoms. The van der Waals surface area contributed by atoms with E-state index in [2.05, 4.69) is 17.2 Å². The van der Waals surface area contributed by atoms with Crippen molar-refractivity contribution in [1.29, 1.82) is 0 Å². The van der Waals surface area contributed by atoms with Crippen LogP contribution in [0.15, 0.2) is 24.3 Å². The van der Waals surface area contributed by atoms with Crippen LogP contribution in [0.5, 0.6) is 5.75 Å². The molecule has 1 aliphatic rings. The van der Waals surface area contributed by atoms with Crippen LogP contribution < -0.4 is 10.1 Å². The van der Waals surface area contributed by atoms with Crippen LogP contribution in [0.1, 0.15) is 58.3 Å². The second kappa shape index (κ2) is 7.57. The summed E-state index contributed by atoms with van der Waals surface area (Å²) in [6.07, 6.45) is 4.30. The number of amides is 1. The van der Waals surface area contributed by atoms with E-state index < -0.39 is 0 Å². The van der Waals surface area contributed by atoms with Crippen molar-refractivity contribution in [3.8, 4) is 5.75 Å². The Balaban J connectivity index is 1.63. The van der Waals surface area contributed by atoms with Crippen molar-refractivity contribution in [2.24, 2.45) is 0 Å². The van der Waals surface area contributed by atoms with Crippen LogP contribution in [0.25, 0.3) is 0 Å². The fourth-order valence-electron chi connectivity index (χ4n) is 2.53. The van der Waals surface area contributed by atoms with Gasteiger partial charge in [-0.3, -0.25) is 14.9 Å². The van der Waals surface area contributed by atoms with E-state index in [1.54, 1.807) is 24.3 Å². The number of anilines is 1. The molecule has 1 aromatic heterocycles. The Morgan fingerprint density at radius 1 is 1.29 bits per heavy atom. The fourth-order valence-corrected chi connectivity index (χ4v) is 3.50. The lowest BCUT2D eigenvalue weighted by atomic mass is 10.0. The number of rotatable bonds is 6.